The largest absolute Gasteiger partial charge is 0.418 e. The highest BCUT2D eigenvalue weighted by Crippen LogP contribution is 2.54. The van der Waals surface area contributed by atoms with Gasteiger partial charge < -0.3 is 10.2 Å². The number of imide groups is 1. The minimum absolute atomic E-state index is 0.345. The first-order valence-corrected chi connectivity index (χ1v) is 17.3. The van der Waals surface area contributed by atoms with Crippen molar-refractivity contribution in [3.63, 3.8) is 0 Å². The van der Waals surface area contributed by atoms with Crippen LogP contribution < -0.4 is 20.0 Å². The SMILES string of the molecule is CCN(CC)c1ccc(C2c3sc(=O)n(CC(=O)Nc4ccccc4C(F)(F)F)c3SC3C(=O)N(c4ccc(Br)cc4)C(=O)C32)cc1. The molecule has 2 aliphatic rings. The zero-order chi connectivity index (χ0) is 33.6. The Balaban J connectivity index is 1.40. The molecule has 244 valence electrons. The Labute approximate surface area is 284 Å². The quantitative estimate of drug-likeness (QED) is 0.196. The zero-order valence-corrected chi connectivity index (χ0v) is 28.3. The van der Waals surface area contributed by atoms with Crippen LogP contribution in [0.25, 0.3) is 0 Å². The number of para-hydroxylation sites is 1. The molecule has 0 radical (unpaired) electrons. The van der Waals surface area contributed by atoms with E-state index in [0.717, 1.165) is 64.0 Å². The number of rotatable bonds is 8. The number of fused-ring (bicyclic) bond motifs is 2. The van der Waals surface area contributed by atoms with Crippen LogP contribution in [0.15, 0.2) is 87.1 Å². The maximum atomic E-state index is 14.1. The highest BCUT2D eigenvalue weighted by Gasteiger charge is 2.56. The Morgan fingerprint density at radius 3 is 2.23 bits per heavy atom. The Bertz CT molecular complexity index is 1910. The van der Waals surface area contributed by atoms with Crippen molar-refractivity contribution < 1.29 is 27.6 Å². The Kier molecular flexibility index (Phi) is 9.11. The van der Waals surface area contributed by atoms with Crippen LogP contribution in [0, 0.1) is 5.92 Å². The van der Waals surface area contributed by atoms with Crippen molar-refractivity contribution in [2.75, 3.05) is 28.2 Å². The predicted octanol–water partition coefficient (Wildman–Crippen LogP) is 6.97. The molecule has 2 aliphatic heterocycles. The molecule has 1 N–H and O–H groups in total. The average molecular weight is 746 g/mol. The van der Waals surface area contributed by atoms with Crippen LogP contribution in [0.4, 0.5) is 30.2 Å². The third-order valence-corrected chi connectivity index (χ3v) is 11.5. The van der Waals surface area contributed by atoms with E-state index in [0.29, 0.717) is 15.6 Å². The lowest BCUT2D eigenvalue weighted by molar-refractivity contribution is -0.137. The van der Waals surface area contributed by atoms with Crippen molar-refractivity contribution in [3.05, 3.63) is 103 Å². The van der Waals surface area contributed by atoms with Gasteiger partial charge in [-0.05, 0) is 67.9 Å². The molecular formula is C33H28BrF3N4O4S2. The maximum absolute atomic E-state index is 14.1. The van der Waals surface area contributed by atoms with Gasteiger partial charge in [-0.25, -0.2) is 4.90 Å². The summed E-state index contributed by atoms with van der Waals surface area (Å²) < 4.78 is 42.7. The van der Waals surface area contributed by atoms with Gasteiger partial charge in [0.05, 0.1) is 27.9 Å². The van der Waals surface area contributed by atoms with E-state index < -0.39 is 63.7 Å². The van der Waals surface area contributed by atoms with Crippen molar-refractivity contribution in [1.82, 2.24) is 4.57 Å². The summed E-state index contributed by atoms with van der Waals surface area (Å²) in [5, 5.41) is 1.74. The number of thiazole rings is 1. The topological polar surface area (TPSA) is 91.7 Å². The molecule has 0 saturated carbocycles. The fourth-order valence-electron chi connectivity index (χ4n) is 6.11. The minimum Gasteiger partial charge on any atom is -0.372 e. The first kappa shape index (κ1) is 33.0. The van der Waals surface area contributed by atoms with Crippen LogP contribution >= 0.6 is 39.0 Å². The standard InChI is InChI=1S/C33H28BrF3N4O4S2/c1-3-39(4-2)20-13-9-18(10-14-20)25-26-27(30(44)41(29(26)43)21-15-11-19(34)12-16-21)46-31-28(25)47-32(45)40(31)17-24(42)38-23-8-6-5-7-22(23)33(35,36)37/h5-16,25-27H,3-4,17H2,1-2H3,(H,38,42). The summed E-state index contributed by atoms with van der Waals surface area (Å²) in [6.45, 7) is 5.10. The highest BCUT2D eigenvalue weighted by molar-refractivity contribution is 9.10. The van der Waals surface area contributed by atoms with E-state index in [1.807, 2.05) is 38.1 Å². The number of nitrogens with zero attached hydrogens (tertiary/aromatic N) is 3. The molecule has 1 saturated heterocycles. The summed E-state index contributed by atoms with van der Waals surface area (Å²) in [5.74, 6) is -3.19. The minimum atomic E-state index is -4.70. The lowest BCUT2D eigenvalue weighted by Crippen LogP contribution is -2.33. The Morgan fingerprint density at radius 2 is 1.60 bits per heavy atom. The van der Waals surface area contributed by atoms with Crippen molar-refractivity contribution in [2.24, 2.45) is 5.92 Å². The van der Waals surface area contributed by atoms with E-state index >= 15 is 0 Å². The molecule has 1 fully saturated rings. The Hall–Kier alpha value is -3.88. The summed E-state index contributed by atoms with van der Waals surface area (Å²) in [5.41, 5.74) is 0.683. The summed E-state index contributed by atoms with van der Waals surface area (Å²) in [7, 11) is 0. The van der Waals surface area contributed by atoms with Gasteiger partial charge in [0.15, 0.2) is 0 Å². The third kappa shape index (κ3) is 6.14. The summed E-state index contributed by atoms with van der Waals surface area (Å²) in [6, 6.07) is 19.1. The number of benzene rings is 3. The molecule has 3 heterocycles. The van der Waals surface area contributed by atoms with Gasteiger partial charge in [0, 0.05) is 34.0 Å². The van der Waals surface area contributed by atoms with Crippen LogP contribution in [0.1, 0.15) is 35.8 Å². The fraction of sp³-hybridized carbons (Fsp3) is 0.273. The number of amides is 3. The fourth-order valence-corrected chi connectivity index (χ4v) is 9.15. The normalized spacial score (nSPS) is 19.0. The molecule has 3 atom stereocenters. The van der Waals surface area contributed by atoms with Crippen LogP contribution in [0.3, 0.4) is 0 Å². The molecule has 1 aromatic heterocycles. The van der Waals surface area contributed by atoms with E-state index in [1.54, 1.807) is 24.3 Å². The van der Waals surface area contributed by atoms with Crippen molar-refractivity contribution in [3.8, 4) is 0 Å². The second-order valence-electron chi connectivity index (χ2n) is 11.0. The van der Waals surface area contributed by atoms with Crippen LogP contribution in [-0.2, 0) is 27.1 Å². The van der Waals surface area contributed by atoms with Crippen LogP contribution in [0.5, 0.6) is 0 Å². The molecule has 3 amide bonds. The number of carbonyl (C=O) groups is 3. The molecule has 0 aliphatic carbocycles. The first-order chi connectivity index (χ1) is 22.4. The number of carbonyl (C=O) groups excluding carboxylic acids is 3. The molecule has 8 nitrogen and oxygen atoms in total. The van der Waals surface area contributed by atoms with E-state index in [9.17, 15) is 32.3 Å². The lowest BCUT2D eigenvalue weighted by atomic mass is 9.83. The van der Waals surface area contributed by atoms with Gasteiger partial charge in [-0.1, -0.05) is 63.3 Å². The number of anilines is 3. The molecule has 47 heavy (non-hydrogen) atoms. The smallest absolute Gasteiger partial charge is 0.372 e. The van der Waals surface area contributed by atoms with E-state index in [4.69, 9.17) is 0 Å². The van der Waals surface area contributed by atoms with Crippen LogP contribution in [-0.4, -0.2) is 40.6 Å². The van der Waals surface area contributed by atoms with E-state index in [-0.39, 0.29) is 0 Å². The monoisotopic (exact) mass is 744 g/mol. The van der Waals surface area contributed by atoms with Gasteiger partial charge in [0.2, 0.25) is 17.7 Å². The molecule has 0 spiro atoms. The Morgan fingerprint density at radius 1 is 0.936 bits per heavy atom. The molecule has 6 rings (SSSR count). The predicted molar refractivity (Wildman–Crippen MR) is 180 cm³/mol. The van der Waals surface area contributed by atoms with Crippen molar-refractivity contribution in [2.45, 2.75) is 42.8 Å². The number of halogens is 4. The van der Waals surface area contributed by atoms with Gasteiger partial charge in [-0.15, -0.1) is 0 Å². The van der Waals surface area contributed by atoms with E-state index in [1.165, 1.54) is 21.6 Å². The van der Waals surface area contributed by atoms with Crippen LogP contribution in [0.2, 0.25) is 0 Å². The number of hydrogen-bond acceptors (Lipinski definition) is 7. The molecule has 4 aromatic rings. The van der Waals surface area contributed by atoms with E-state index in [2.05, 4.69) is 26.1 Å². The summed E-state index contributed by atoms with van der Waals surface area (Å²) in [6.07, 6.45) is -4.70. The number of alkyl halides is 3. The zero-order valence-electron chi connectivity index (χ0n) is 25.1. The maximum Gasteiger partial charge on any atom is 0.418 e. The molecule has 0 bridgehead atoms. The number of aromatic nitrogens is 1. The molecule has 3 aromatic carbocycles. The molecule has 3 unspecified atom stereocenters. The number of thioether (sulfide) groups is 1. The van der Waals surface area contributed by atoms with Gasteiger partial charge in [0.25, 0.3) is 0 Å². The second kappa shape index (κ2) is 13.0. The number of hydrogen-bond donors (Lipinski definition) is 1. The average Bonchev–Trinajstić information content (AvgIpc) is 3.48. The lowest BCUT2D eigenvalue weighted by Gasteiger charge is -2.31. The van der Waals surface area contributed by atoms with Gasteiger partial charge >= 0.3 is 11.0 Å². The first-order valence-electron chi connectivity index (χ1n) is 14.8. The summed E-state index contributed by atoms with van der Waals surface area (Å²) >= 11 is 5.30. The van der Waals surface area contributed by atoms with Crippen molar-refractivity contribution >= 4 is 73.8 Å². The second-order valence-corrected chi connectivity index (χ2v) is 14.0. The van der Waals surface area contributed by atoms with Crippen molar-refractivity contribution in [1.29, 1.82) is 0 Å². The molecular weight excluding hydrogens is 717 g/mol. The number of nitrogens with one attached hydrogen (secondary N) is 1. The van der Waals surface area contributed by atoms with Gasteiger partial charge in [-0.2, -0.15) is 13.2 Å². The summed E-state index contributed by atoms with van der Waals surface area (Å²) in [4.78, 5) is 58.0. The third-order valence-electron chi connectivity index (χ3n) is 8.32. The van der Waals surface area contributed by atoms with Gasteiger partial charge in [0.1, 0.15) is 11.8 Å². The molecule has 14 heteroatoms. The van der Waals surface area contributed by atoms with Gasteiger partial charge in [-0.3, -0.25) is 23.7 Å². The highest BCUT2D eigenvalue weighted by atomic mass is 79.9.